The van der Waals surface area contributed by atoms with E-state index >= 15 is 0 Å². The lowest BCUT2D eigenvalue weighted by Gasteiger charge is -2.24. The first kappa shape index (κ1) is 21.5. The summed E-state index contributed by atoms with van der Waals surface area (Å²) < 4.78 is 0. The summed E-state index contributed by atoms with van der Waals surface area (Å²) in [7, 11) is 0. The van der Waals surface area contributed by atoms with Crippen LogP contribution in [0.4, 0.5) is 5.69 Å². The first-order valence-electron chi connectivity index (χ1n) is 10.2. The van der Waals surface area contributed by atoms with E-state index in [-0.39, 0.29) is 17.9 Å². The van der Waals surface area contributed by atoms with Gasteiger partial charge in [-0.25, -0.2) is 0 Å². The standard InChI is InChI=1S/C25H23ClN2O2S/c1-3-16(2)27-24(29)18-10-13-23-21(14-18)28(15-17-8-11-19(26)12-9-17)25(30)20-6-4-5-7-22(20)31-23/h4-14,16H,3,15H2,1-2H3,(H,27,29)/t16-/m0/s1. The highest BCUT2D eigenvalue weighted by Crippen LogP contribution is 2.42. The number of nitrogens with zero attached hydrogens (tertiary/aromatic N) is 1. The molecule has 1 atom stereocenters. The van der Waals surface area contributed by atoms with Gasteiger partial charge in [-0.1, -0.05) is 54.6 Å². The molecule has 158 valence electrons. The summed E-state index contributed by atoms with van der Waals surface area (Å²) in [5.41, 5.74) is 2.89. The zero-order valence-corrected chi connectivity index (χ0v) is 19.0. The van der Waals surface area contributed by atoms with Crippen molar-refractivity contribution < 1.29 is 9.59 Å². The topological polar surface area (TPSA) is 49.4 Å². The molecule has 6 heteroatoms. The van der Waals surface area contributed by atoms with Gasteiger partial charge in [-0.05, 0) is 61.4 Å². The third kappa shape index (κ3) is 4.63. The number of nitrogens with one attached hydrogen (secondary N) is 1. The Hall–Kier alpha value is -2.76. The van der Waals surface area contributed by atoms with Gasteiger partial charge in [-0.2, -0.15) is 0 Å². The molecule has 4 rings (SSSR count). The van der Waals surface area contributed by atoms with Crippen molar-refractivity contribution in [1.82, 2.24) is 5.32 Å². The van der Waals surface area contributed by atoms with Gasteiger partial charge in [0.2, 0.25) is 0 Å². The second kappa shape index (κ2) is 9.16. The van der Waals surface area contributed by atoms with E-state index in [4.69, 9.17) is 11.6 Å². The van der Waals surface area contributed by atoms with E-state index in [1.165, 1.54) is 0 Å². The van der Waals surface area contributed by atoms with Gasteiger partial charge in [-0.3, -0.25) is 9.59 Å². The average Bonchev–Trinajstić information content (AvgIpc) is 2.89. The molecule has 0 unspecified atom stereocenters. The largest absolute Gasteiger partial charge is 0.350 e. The van der Waals surface area contributed by atoms with Gasteiger partial charge in [0.05, 0.1) is 17.8 Å². The minimum absolute atomic E-state index is 0.0803. The third-order valence-electron chi connectivity index (χ3n) is 5.34. The molecule has 0 aromatic heterocycles. The van der Waals surface area contributed by atoms with E-state index in [1.807, 2.05) is 80.6 Å². The molecule has 0 radical (unpaired) electrons. The van der Waals surface area contributed by atoms with Gasteiger partial charge in [0, 0.05) is 26.4 Å². The molecular weight excluding hydrogens is 428 g/mol. The number of anilines is 1. The van der Waals surface area contributed by atoms with Crippen LogP contribution in [0.5, 0.6) is 0 Å². The molecule has 1 heterocycles. The highest BCUT2D eigenvalue weighted by Gasteiger charge is 2.28. The van der Waals surface area contributed by atoms with Crippen LogP contribution < -0.4 is 10.2 Å². The summed E-state index contributed by atoms with van der Waals surface area (Å²) in [4.78, 5) is 29.9. The molecule has 0 saturated carbocycles. The number of hydrogen-bond donors (Lipinski definition) is 1. The predicted molar refractivity (Wildman–Crippen MR) is 126 cm³/mol. The van der Waals surface area contributed by atoms with Crippen molar-refractivity contribution in [2.75, 3.05) is 4.90 Å². The van der Waals surface area contributed by atoms with Crippen molar-refractivity contribution in [3.05, 3.63) is 88.4 Å². The molecule has 0 aliphatic carbocycles. The Morgan fingerprint density at radius 1 is 1.06 bits per heavy atom. The molecule has 1 aliphatic heterocycles. The zero-order valence-electron chi connectivity index (χ0n) is 17.4. The van der Waals surface area contributed by atoms with Crippen LogP contribution in [-0.4, -0.2) is 17.9 Å². The molecule has 0 bridgehead atoms. The first-order valence-corrected chi connectivity index (χ1v) is 11.4. The van der Waals surface area contributed by atoms with Crippen LogP contribution in [0.25, 0.3) is 0 Å². The molecule has 0 saturated heterocycles. The average molecular weight is 451 g/mol. The minimum Gasteiger partial charge on any atom is -0.350 e. The fourth-order valence-corrected chi connectivity index (χ4v) is 4.58. The Labute approximate surface area is 191 Å². The van der Waals surface area contributed by atoms with Crippen molar-refractivity contribution in [3.63, 3.8) is 0 Å². The maximum absolute atomic E-state index is 13.6. The Kier molecular flexibility index (Phi) is 6.35. The number of fused-ring (bicyclic) bond motifs is 2. The third-order valence-corrected chi connectivity index (χ3v) is 6.73. The van der Waals surface area contributed by atoms with Crippen molar-refractivity contribution in [2.45, 2.75) is 42.6 Å². The van der Waals surface area contributed by atoms with Gasteiger partial charge < -0.3 is 10.2 Å². The van der Waals surface area contributed by atoms with Gasteiger partial charge >= 0.3 is 0 Å². The van der Waals surface area contributed by atoms with Crippen molar-refractivity contribution in [3.8, 4) is 0 Å². The number of carbonyl (C=O) groups is 2. The van der Waals surface area contributed by atoms with Gasteiger partial charge in [0.15, 0.2) is 0 Å². The smallest absolute Gasteiger partial charge is 0.259 e. The van der Waals surface area contributed by atoms with Gasteiger partial charge in [-0.15, -0.1) is 0 Å². The maximum atomic E-state index is 13.6. The van der Waals surface area contributed by atoms with Crippen LogP contribution >= 0.6 is 23.4 Å². The highest BCUT2D eigenvalue weighted by atomic mass is 35.5. The Morgan fingerprint density at radius 2 is 1.81 bits per heavy atom. The van der Waals surface area contributed by atoms with E-state index in [2.05, 4.69) is 5.32 Å². The normalized spacial score (nSPS) is 13.8. The van der Waals surface area contributed by atoms with Crippen LogP contribution in [0, 0.1) is 0 Å². The molecule has 1 N–H and O–H groups in total. The van der Waals surface area contributed by atoms with Crippen LogP contribution in [0.15, 0.2) is 76.5 Å². The van der Waals surface area contributed by atoms with Crippen molar-refractivity contribution in [2.24, 2.45) is 0 Å². The van der Waals surface area contributed by atoms with E-state index in [0.29, 0.717) is 22.7 Å². The lowest BCUT2D eigenvalue weighted by atomic mass is 10.1. The quantitative estimate of drug-likeness (QED) is 0.505. The lowest BCUT2D eigenvalue weighted by Crippen LogP contribution is -2.33. The summed E-state index contributed by atoms with van der Waals surface area (Å²) in [6.07, 6.45) is 0.850. The lowest BCUT2D eigenvalue weighted by molar-refractivity contribution is 0.0936. The Balaban J connectivity index is 1.78. The number of carbonyl (C=O) groups excluding carboxylic acids is 2. The number of benzene rings is 3. The molecular formula is C25H23ClN2O2S. The van der Waals surface area contributed by atoms with Crippen molar-refractivity contribution in [1.29, 1.82) is 0 Å². The van der Waals surface area contributed by atoms with E-state index in [1.54, 1.807) is 16.7 Å². The fourth-order valence-electron chi connectivity index (χ4n) is 3.40. The summed E-state index contributed by atoms with van der Waals surface area (Å²) in [5, 5.41) is 3.65. The molecule has 31 heavy (non-hydrogen) atoms. The second-order valence-electron chi connectivity index (χ2n) is 7.58. The molecule has 4 nitrogen and oxygen atoms in total. The number of amides is 2. The maximum Gasteiger partial charge on any atom is 0.259 e. The van der Waals surface area contributed by atoms with E-state index in [0.717, 1.165) is 27.5 Å². The summed E-state index contributed by atoms with van der Waals surface area (Å²) in [6, 6.07) is 20.7. The van der Waals surface area contributed by atoms with Gasteiger partial charge in [0.1, 0.15) is 0 Å². The molecule has 3 aromatic carbocycles. The number of rotatable bonds is 5. The minimum atomic E-state index is -0.136. The zero-order chi connectivity index (χ0) is 22.0. The Bertz CT molecular complexity index is 1130. The fraction of sp³-hybridized carbons (Fsp3) is 0.200. The van der Waals surface area contributed by atoms with Crippen LogP contribution in [-0.2, 0) is 6.54 Å². The van der Waals surface area contributed by atoms with E-state index < -0.39 is 0 Å². The van der Waals surface area contributed by atoms with E-state index in [9.17, 15) is 9.59 Å². The molecule has 3 aromatic rings. The SMILES string of the molecule is CC[C@H](C)NC(=O)c1ccc2c(c1)N(Cc1ccc(Cl)cc1)C(=O)c1ccccc1S2. The second-order valence-corrected chi connectivity index (χ2v) is 9.10. The predicted octanol–water partition coefficient (Wildman–Crippen LogP) is 6.18. The van der Waals surface area contributed by atoms with Crippen molar-refractivity contribution >= 4 is 40.9 Å². The molecule has 0 fully saturated rings. The molecule has 2 amide bonds. The van der Waals surface area contributed by atoms with Crippen LogP contribution in [0.1, 0.15) is 46.5 Å². The number of hydrogen-bond acceptors (Lipinski definition) is 3. The first-order chi connectivity index (χ1) is 15.0. The molecule has 1 aliphatic rings. The summed E-state index contributed by atoms with van der Waals surface area (Å²) >= 11 is 7.59. The van der Waals surface area contributed by atoms with Crippen LogP contribution in [0.3, 0.4) is 0 Å². The Morgan fingerprint density at radius 3 is 2.55 bits per heavy atom. The summed E-state index contributed by atoms with van der Waals surface area (Å²) in [6.45, 7) is 4.39. The highest BCUT2D eigenvalue weighted by molar-refractivity contribution is 7.99. The molecule has 0 spiro atoms. The number of halogens is 1. The monoisotopic (exact) mass is 450 g/mol. The summed E-state index contributed by atoms with van der Waals surface area (Å²) in [5.74, 6) is -0.223. The van der Waals surface area contributed by atoms with Crippen LogP contribution in [0.2, 0.25) is 5.02 Å². The van der Waals surface area contributed by atoms with Gasteiger partial charge in [0.25, 0.3) is 11.8 Å².